The molecule has 0 saturated heterocycles. The van der Waals surface area contributed by atoms with E-state index in [2.05, 4.69) is 25.6 Å². The van der Waals surface area contributed by atoms with Gasteiger partial charge < -0.3 is 15.4 Å². The van der Waals surface area contributed by atoms with Gasteiger partial charge in [0.2, 0.25) is 11.9 Å². The smallest absolute Gasteiger partial charge is 0.232 e. The molecule has 7 heteroatoms. The number of aryl methyl sites for hydroxylation is 1. The van der Waals surface area contributed by atoms with Gasteiger partial charge in [-0.05, 0) is 38.0 Å². The van der Waals surface area contributed by atoms with Crippen molar-refractivity contribution >= 4 is 29.2 Å². The third-order valence-corrected chi connectivity index (χ3v) is 4.64. The van der Waals surface area contributed by atoms with Gasteiger partial charge in [0.15, 0.2) is 0 Å². The topological polar surface area (TPSA) is 72.0 Å². The molecule has 1 aliphatic carbocycles. The molecular weight excluding hydrogens is 362 g/mol. The van der Waals surface area contributed by atoms with E-state index in [0.29, 0.717) is 34.5 Å². The quantitative estimate of drug-likeness (QED) is 0.632. The first-order valence-electron chi connectivity index (χ1n) is 9.74. The molecule has 1 fully saturated rings. The molecule has 1 aliphatic rings. The van der Waals surface area contributed by atoms with E-state index in [9.17, 15) is 0 Å². The Hall–Kier alpha value is -2.08. The number of aromatic nitrogens is 3. The van der Waals surface area contributed by atoms with Crippen LogP contribution < -0.4 is 15.4 Å². The molecule has 148 valence electrons. The lowest BCUT2D eigenvalue weighted by molar-refractivity contribution is 0.415. The Morgan fingerprint density at radius 1 is 1.00 bits per heavy atom. The van der Waals surface area contributed by atoms with Crippen molar-refractivity contribution in [3.8, 4) is 5.75 Å². The van der Waals surface area contributed by atoms with E-state index in [1.54, 1.807) is 13.2 Å². The van der Waals surface area contributed by atoms with E-state index in [1.807, 2.05) is 32.9 Å². The minimum absolute atomic E-state index is 0.438. The molecular formula is C20H30ClN5O. The third-order valence-electron chi connectivity index (χ3n) is 4.34. The number of anilines is 3. The molecule has 0 bridgehead atoms. The first-order valence-corrected chi connectivity index (χ1v) is 10.1. The number of hydrogen-bond acceptors (Lipinski definition) is 6. The van der Waals surface area contributed by atoms with Crippen molar-refractivity contribution in [2.75, 3.05) is 17.7 Å². The maximum absolute atomic E-state index is 6.17. The van der Waals surface area contributed by atoms with E-state index in [-0.39, 0.29) is 0 Å². The molecule has 1 aromatic carbocycles. The highest BCUT2D eigenvalue weighted by Gasteiger charge is 2.14. The Kier molecular flexibility index (Phi) is 8.58. The predicted molar refractivity (Wildman–Crippen MR) is 112 cm³/mol. The lowest BCUT2D eigenvalue weighted by Gasteiger charge is -2.17. The van der Waals surface area contributed by atoms with Gasteiger partial charge in [-0.3, -0.25) is 0 Å². The molecule has 0 unspecified atom stereocenters. The molecule has 3 rings (SSSR count). The number of nitrogens with one attached hydrogen (secondary N) is 2. The van der Waals surface area contributed by atoms with E-state index < -0.39 is 0 Å². The van der Waals surface area contributed by atoms with Crippen molar-refractivity contribution in [2.24, 2.45) is 0 Å². The summed E-state index contributed by atoms with van der Waals surface area (Å²) in [7, 11) is 1.59. The first-order chi connectivity index (χ1) is 13.1. The second kappa shape index (κ2) is 10.9. The largest absolute Gasteiger partial charge is 0.495 e. The van der Waals surface area contributed by atoms with Crippen molar-refractivity contribution in [3.05, 3.63) is 29.0 Å². The van der Waals surface area contributed by atoms with Crippen LogP contribution >= 0.6 is 11.6 Å². The summed E-state index contributed by atoms with van der Waals surface area (Å²) in [5.74, 6) is 2.44. The zero-order valence-corrected chi connectivity index (χ0v) is 17.4. The van der Waals surface area contributed by atoms with Gasteiger partial charge >= 0.3 is 0 Å². The first kappa shape index (κ1) is 21.2. The number of halogens is 1. The van der Waals surface area contributed by atoms with Crippen LogP contribution in [0.4, 0.5) is 17.6 Å². The SMILES string of the molecule is CC.COc1ccc(Nc2nc(C)nc(NC3CCCCCC3)n2)cc1Cl. The van der Waals surface area contributed by atoms with Gasteiger partial charge in [-0.2, -0.15) is 15.0 Å². The maximum Gasteiger partial charge on any atom is 0.232 e. The summed E-state index contributed by atoms with van der Waals surface area (Å²) in [5, 5.41) is 7.19. The lowest BCUT2D eigenvalue weighted by atomic mass is 10.1. The number of nitrogens with zero attached hydrogens (tertiary/aromatic N) is 3. The number of hydrogen-bond donors (Lipinski definition) is 2. The molecule has 0 aliphatic heterocycles. The number of rotatable bonds is 5. The normalized spacial score (nSPS) is 14.6. The Bertz CT molecular complexity index is 718. The van der Waals surface area contributed by atoms with E-state index in [0.717, 1.165) is 5.69 Å². The summed E-state index contributed by atoms with van der Waals surface area (Å²) in [4.78, 5) is 13.3. The molecule has 2 aromatic rings. The molecule has 0 amide bonds. The zero-order valence-electron chi connectivity index (χ0n) is 16.7. The van der Waals surface area contributed by atoms with E-state index >= 15 is 0 Å². The molecule has 1 aromatic heterocycles. The Morgan fingerprint density at radius 3 is 2.30 bits per heavy atom. The van der Waals surface area contributed by atoms with Crippen LogP contribution in [0.25, 0.3) is 0 Å². The minimum atomic E-state index is 0.438. The lowest BCUT2D eigenvalue weighted by Crippen LogP contribution is -2.20. The van der Waals surface area contributed by atoms with Crippen molar-refractivity contribution in [3.63, 3.8) is 0 Å². The van der Waals surface area contributed by atoms with Gasteiger partial charge in [-0.15, -0.1) is 0 Å². The summed E-state index contributed by atoms with van der Waals surface area (Å²) >= 11 is 6.17. The van der Waals surface area contributed by atoms with Gasteiger partial charge in [-0.1, -0.05) is 51.1 Å². The molecule has 0 radical (unpaired) electrons. The fourth-order valence-electron chi connectivity index (χ4n) is 3.08. The summed E-state index contributed by atoms with van der Waals surface area (Å²) < 4.78 is 5.17. The van der Waals surface area contributed by atoms with Crippen LogP contribution in [0, 0.1) is 6.92 Å². The van der Waals surface area contributed by atoms with E-state index in [4.69, 9.17) is 16.3 Å². The van der Waals surface area contributed by atoms with E-state index in [1.165, 1.54) is 38.5 Å². The second-order valence-corrected chi connectivity index (χ2v) is 6.74. The van der Waals surface area contributed by atoms with Gasteiger partial charge in [0.05, 0.1) is 12.1 Å². The molecule has 1 saturated carbocycles. The summed E-state index contributed by atoms with van der Waals surface area (Å²) in [6.07, 6.45) is 7.50. The maximum atomic E-state index is 6.17. The fraction of sp³-hybridized carbons (Fsp3) is 0.550. The van der Waals surface area contributed by atoms with Crippen LogP contribution in [-0.2, 0) is 0 Å². The molecule has 0 atom stereocenters. The highest BCUT2D eigenvalue weighted by Crippen LogP contribution is 2.28. The number of methoxy groups -OCH3 is 1. The summed E-state index contributed by atoms with van der Waals surface area (Å²) in [6, 6.07) is 5.91. The Labute approximate surface area is 167 Å². The molecule has 6 nitrogen and oxygen atoms in total. The van der Waals surface area contributed by atoms with Crippen molar-refractivity contribution in [1.82, 2.24) is 15.0 Å². The zero-order chi connectivity index (χ0) is 19.6. The van der Waals surface area contributed by atoms with Crippen LogP contribution in [0.3, 0.4) is 0 Å². The van der Waals surface area contributed by atoms with Gasteiger partial charge in [0, 0.05) is 11.7 Å². The standard InChI is InChI=1S/C18H24ClN5O.C2H6/c1-12-20-17(22-13-7-5-3-4-6-8-13)24-18(21-12)23-14-9-10-16(25-2)15(19)11-14;1-2/h9-11,13H,3-8H2,1-2H3,(H2,20,21,22,23,24);1-2H3. The highest BCUT2D eigenvalue weighted by molar-refractivity contribution is 6.32. The van der Waals surface area contributed by atoms with Crippen LogP contribution in [0.2, 0.25) is 5.02 Å². The van der Waals surface area contributed by atoms with Crippen LogP contribution in [-0.4, -0.2) is 28.1 Å². The van der Waals surface area contributed by atoms with Crippen molar-refractivity contribution < 1.29 is 4.74 Å². The molecule has 0 spiro atoms. The average molecular weight is 392 g/mol. The van der Waals surface area contributed by atoms with Gasteiger partial charge in [0.25, 0.3) is 0 Å². The fourth-order valence-corrected chi connectivity index (χ4v) is 3.34. The highest BCUT2D eigenvalue weighted by atomic mass is 35.5. The third kappa shape index (κ3) is 6.54. The predicted octanol–water partition coefficient (Wildman–Crippen LogP) is 5.75. The Balaban J connectivity index is 0.00000126. The molecule has 2 N–H and O–H groups in total. The monoisotopic (exact) mass is 391 g/mol. The molecule has 27 heavy (non-hydrogen) atoms. The van der Waals surface area contributed by atoms with Crippen LogP contribution in [0.1, 0.15) is 58.2 Å². The average Bonchev–Trinajstić information content (AvgIpc) is 2.92. The number of ether oxygens (including phenoxy) is 1. The van der Waals surface area contributed by atoms with Crippen LogP contribution in [0.5, 0.6) is 5.75 Å². The van der Waals surface area contributed by atoms with Gasteiger partial charge in [0.1, 0.15) is 11.6 Å². The van der Waals surface area contributed by atoms with Crippen molar-refractivity contribution in [2.45, 2.75) is 65.3 Å². The summed E-state index contributed by atoms with van der Waals surface area (Å²) in [5.41, 5.74) is 0.803. The van der Waals surface area contributed by atoms with Crippen LogP contribution in [0.15, 0.2) is 18.2 Å². The Morgan fingerprint density at radius 2 is 1.67 bits per heavy atom. The summed E-state index contributed by atoms with van der Waals surface area (Å²) in [6.45, 7) is 5.87. The van der Waals surface area contributed by atoms with Gasteiger partial charge in [-0.25, -0.2) is 0 Å². The number of benzene rings is 1. The second-order valence-electron chi connectivity index (χ2n) is 6.34. The molecule has 1 heterocycles. The minimum Gasteiger partial charge on any atom is -0.495 e. The van der Waals surface area contributed by atoms with Crippen molar-refractivity contribution in [1.29, 1.82) is 0 Å².